The summed E-state index contributed by atoms with van der Waals surface area (Å²) in [5, 5.41) is 5.91. The molecule has 0 radical (unpaired) electrons. The Balaban J connectivity index is 1.96. The molecule has 5 nitrogen and oxygen atoms in total. The van der Waals surface area contributed by atoms with E-state index in [0.717, 1.165) is 0 Å². The van der Waals surface area contributed by atoms with Crippen molar-refractivity contribution < 1.29 is 4.79 Å². The predicted molar refractivity (Wildman–Crippen MR) is 72.7 cm³/mol. The molecule has 2 rings (SSSR count). The lowest BCUT2D eigenvalue weighted by Crippen LogP contribution is -2.19. The molecule has 18 heavy (non-hydrogen) atoms. The van der Waals surface area contributed by atoms with Gasteiger partial charge in [0.25, 0.3) is 0 Å². The third-order valence-corrected chi connectivity index (χ3v) is 2.40. The number of aromatic nitrogens is 1. The molecule has 1 aromatic heterocycles. The monoisotopic (exact) mass is 262 g/mol. The first-order valence-corrected chi connectivity index (χ1v) is 5.56. The second kappa shape index (κ2) is 5.37. The van der Waals surface area contributed by atoms with Crippen LogP contribution < -0.4 is 16.4 Å². The van der Waals surface area contributed by atoms with E-state index in [0.29, 0.717) is 22.2 Å². The molecule has 1 aromatic carbocycles. The molecule has 2 amide bonds. The van der Waals surface area contributed by atoms with E-state index in [1.165, 1.54) is 6.20 Å². The van der Waals surface area contributed by atoms with Crippen molar-refractivity contribution >= 4 is 34.8 Å². The van der Waals surface area contributed by atoms with Crippen molar-refractivity contribution in [3.05, 3.63) is 47.6 Å². The number of nitrogen functional groups attached to an aromatic ring is 1. The number of anilines is 3. The third-order valence-electron chi connectivity index (χ3n) is 2.15. The number of hydrogen-bond acceptors (Lipinski definition) is 3. The lowest BCUT2D eigenvalue weighted by Gasteiger charge is -2.07. The fourth-order valence-electron chi connectivity index (χ4n) is 1.31. The van der Waals surface area contributed by atoms with Gasteiger partial charge in [0.2, 0.25) is 0 Å². The summed E-state index contributed by atoms with van der Waals surface area (Å²) in [6, 6.07) is 9.74. The SMILES string of the molecule is Nc1ccc(NC(=O)Nc2ccc(Cl)cc2)cn1. The summed E-state index contributed by atoms with van der Waals surface area (Å²) < 4.78 is 0. The first kappa shape index (κ1) is 12.2. The number of nitrogens with two attached hydrogens (primary N) is 1. The average Bonchev–Trinajstić information content (AvgIpc) is 2.35. The molecule has 92 valence electrons. The van der Waals surface area contributed by atoms with Gasteiger partial charge in [-0.2, -0.15) is 0 Å². The molecule has 2 aromatic rings. The van der Waals surface area contributed by atoms with Crippen LogP contribution in [0.2, 0.25) is 5.02 Å². The van der Waals surface area contributed by atoms with Crippen LogP contribution in [0.4, 0.5) is 22.0 Å². The number of pyridine rings is 1. The van der Waals surface area contributed by atoms with Crippen LogP contribution >= 0.6 is 11.6 Å². The van der Waals surface area contributed by atoms with Gasteiger partial charge in [0.05, 0.1) is 11.9 Å². The fourth-order valence-corrected chi connectivity index (χ4v) is 1.43. The van der Waals surface area contributed by atoms with Crippen LogP contribution in [0, 0.1) is 0 Å². The highest BCUT2D eigenvalue weighted by Gasteiger charge is 2.02. The van der Waals surface area contributed by atoms with Crippen LogP contribution in [0.15, 0.2) is 42.6 Å². The van der Waals surface area contributed by atoms with Crippen LogP contribution in [0.3, 0.4) is 0 Å². The minimum absolute atomic E-state index is 0.358. The standard InChI is InChI=1S/C12H11ClN4O/c13-8-1-3-9(4-2-8)16-12(18)17-10-5-6-11(14)15-7-10/h1-7H,(H2,14,15)(H2,16,17,18). The minimum atomic E-state index is -0.358. The highest BCUT2D eigenvalue weighted by atomic mass is 35.5. The van der Waals surface area contributed by atoms with Crippen LogP contribution in [0.1, 0.15) is 0 Å². The topological polar surface area (TPSA) is 80.0 Å². The van der Waals surface area contributed by atoms with Crippen molar-refractivity contribution in [3.8, 4) is 0 Å². The van der Waals surface area contributed by atoms with Gasteiger partial charge >= 0.3 is 6.03 Å². The third kappa shape index (κ3) is 3.36. The number of hydrogen-bond donors (Lipinski definition) is 3. The van der Waals surface area contributed by atoms with Crippen LogP contribution in [0.25, 0.3) is 0 Å². The Kier molecular flexibility index (Phi) is 3.64. The molecule has 0 aliphatic carbocycles. The number of carbonyl (C=O) groups is 1. The molecule has 0 fully saturated rings. The number of halogens is 1. The van der Waals surface area contributed by atoms with Crippen LogP contribution in [0.5, 0.6) is 0 Å². The molecular formula is C12H11ClN4O. The molecule has 0 saturated carbocycles. The zero-order valence-electron chi connectivity index (χ0n) is 9.35. The number of urea groups is 1. The zero-order chi connectivity index (χ0) is 13.0. The molecular weight excluding hydrogens is 252 g/mol. The molecule has 0 atom stereocenters. The lowest BCUT2D eigenvalue weighted by molar-refractivity contribution is 0.262. The van der Waals surface area contributed by atoms with Crippen molar-refractivity contribution in [2.75, 3.05) is 16.4 Å². The van der Waals surface area contributed by atoms with Crippen LogP contribution in [-0.2, 0) is 0 Å². The van der Waals surface area contributed by atoms with Gasteiger partial charge in [-0.15, -0.1) is 0 Å². The molecule has 6 heteroatoms. The number of amides is 2. The Hall–Kier alpha value is -2.27. The number of rotatable bonds is 2. The van der Waals surface area contributed by atoms with E-state index < -0.39 is 0 Å². The van der Waals surface area contributed by atoms with Gasteiger partial charge in [0.15, 0.2) is 0 Å². The van der Waals surface area contributed by atoms with Gasteiger partial charge in [-0.1, -0.05) is 11.6 Å². The molecule has 0 saturated heterocycles. The second-order valence-corrected chi connectivity index (χ2v) is 3.99. The summed E-state index contributed by atoms with van der Waals surface area (Å²) in [5.74, 6) is 0.402. The molecule has 0 bridgehead atoms. The highest BCUT2D eigenvalue weighted by molar-refractivity contribution is 6.30. The fraction of sp³-hybridized carbons (Fsp3) is 0. The van der Waals surface area contributed by atoms with Gasteiger partial charge in [-0.25, -0.2) is 9.78 Å². The molecule has 0 unspecified atom stereocenters. The number of nitrogens with zero attached hydrogens (tertiary/aromatic N) is 1. The maximum atomic E-state index is 11.6. The molecule has 0 aliphatic heterocycles. The van der Waals surface area contributed by atoms with Gasteiger partial charge in [0.1, 0.15) is 5.82 Å². The van der Waals surface area contributed by atoms with Gasteiger partial charge in [-0.3, -0.25) is 0 Å². The van der Waals surface area contributed by atoms with E-state index in [2.05, 4.69) is 15.6 Å². The minimum Gasteiger partial charge on any atom is -0.384 e. The maximum absolute atomic E-state index is 11.6. The molecule has 1 heterocycles. The van der Waals surface area contributed by atoms with Crippen LogP contribution in [-0.4, -0.2) is 11.0 Å². The highest BCUT2D eigenvalue weighted by Crippen LogP contribution is 2.14. The van der Waals surface area contributed by atoms with E-state index in [1.807, 2.05) is 0 Å². The number of carbonyl (C=O) groups excluding carboxylic acids is 1. The summed E-state index contributed by atoms with van der Waals surface area (Å²) in [6.07, 6.45) is 1.48. The molecule has 0 aliphatic rings. The number of benzene rings is 1. The first-order valence-electron chi connectivity index (χ1n) is 5.18. The van der Waals surface area contributed by atoms with Crippen molar-refractivity contribution in [1.82, 2.24) is 4.98 Å². The first-order chi connectivity index (χ1) is 8.63. The summed E-state index contributed by atoms with van der Waals surface area (Å²) in [5.41, 5.74) is 6.66. The summed E-state index contributed by atoms with van der Waals surface area (Å²) in [4.78, 5) is 15.5. The lowest BCUT2D eigenvalue weighted by atomic mass is 10.3. The van der Waals surface area contributed by atoms with Crippen molar-refractivity contribution in [1.29, 1.82) is 0 Å². The van der Waals surface area contributed by atoms with Crippen molar-refractivity contribution in [3.63, 3.8) is 0 Å². The quantitative estimate of drug-likeness (QED) is 0.778. The van der Waals surface area contributed by atoms with E-state index in [1.54, 1.807) is 36.4 Å². The Morgan fingerprint density at radius 2 is 1.67 bits per heavy atom. The zero-order valence-corrected chi connectivity index (χ0v) is 10.1. The maximum Gasteiger partial charge on any atom is 0.323 e. The van der Waals surface area contributed by atoms with E-state index in [4.69, 9.17) is 17.3 Å². The molecule has 0 spiro atoms. The smallest absolute Gasteiger partial charge is 0.323 e. The largest absolute Gasteiger partial charge is 0.384 e. The predicted octanol–water partition coefficient (Wildman–Crippen LogP) is 2.96. The summed E-state index contributed by atoms with van der Waals surface area (Å²) in [7, 11) is 0. The van der Waals surface area contributed by atoms with Gasteiger partial charge < -0.3 is 16.4 Å². The summed E-state index contributed by atoms with van der Waals surface area (Å²) >= 11 is 5.74. The Labute approximate surface area is 109 Å². The van der Waals surface area contributed by atoms with E-state index >= 15 is 0 Å². The number of nitrogens with one attached hydrogen (secondary N) is 2. The second-order valence-electron chi connectivity index (χ2n) is 3.56. The Morgan fingerprint density at radius 3 is 2.28 bits per heavy atom. The normalized spacial score (nSPS) is 9.83. The Morgan fingerprint density at radius 1 is 1.06 bits per heavy atom. The van der Waals surface area contributed by atoms with Gasteiger partial charge in [-0.05, 0) is 36.4 Å². The Bertz CT molecular complexity index is 490. The summed E-state index contributed by atoms with van der Waals surface area (Å²) in [6.45, 7) is 0. The van der Waals surface area contributed by atoms with Gasteiger partial charge in [0, 0.05) is 10.7 Å². The molecule has 4 N–H and O–H groups in total. The average molecular weight is 263 g/mol. The van der Waals surface area contributed by atoms with Crippen molar-refractivity contribution in [2.24, 2.45) is 0 Å². The van der Waals surface area contributed by atoms with Crippen molar-refractivity contribution in [2.45, 2.75) is 0 Å². The van der Waals surface area contributed by atoms with E-state index in [-0.39, 0.29) is 6.03 Å². The van der Waals surface area contributed by atoms with E-state index in [9.17, 15) is 4.79 Å².